The number of methoxy groups -OCH3 is 2. The van der Waals surface area contributed by atoms with Gasteiger partial charge in [0.15, 0.2) is 34.6 Å². The van der Waals surface area contributed by atoms with Crippen LogP contribution in [-0.4, -0.2) is 48.1 Å². The Morgan fingerprint density at radius 1 is 0.641 bits per heavy atom. The summed E-state index contributed by atoms with van der Waals surface area (Å²) in [5, 5.41) is 26.3. The summed E-state index contributed by atoms with van der Waals surface area (Å²) in [5.41, 5.74) is 1.66. The molecule has 4 aromatic rings. The molecule has 0 spiro atoms. The Kier molecular flexibility index (Phi) is 12.3. The molecule has 4 aromatic carbocycles. The second-order valence-electron chi connectivity index (χ2n) is 8.06. The number of hydrogen-bond donors (Lipinski definition) is 3. The summed E-state index contributed by atoms with van der Waals surface area (Å²) in [7, 11) is 1.65. The number of Topliss-reactive ketones (excluding diaryl/α,β-unsaturated/α-hetero) is 2. The van der Waals surface area contributed by atoms with Crippen molar-refractivity contribution < 1.29 is 39.0 Å². The predicted molar refractivity (Wildman–Crippen MR) is 150 cm³/mol. The van der Waals surface area contributed by atoms with Gasteiger partial charge in [0.2, 0.25) is 0 Å². The number of benzene rings is 4. The van der Waals surface area contributed by atoms with Crippen LogP contribution in [0.15, 0.2) is 97.1 Å². The highest BCUT2D eigenvalue weighted by atomic mass is 16.5. The minimum Gasteiger partial charge on any atom is -0.504 e. The normalized spacial score (nSPS) is 9.59. The number of ether oxygens (including phenoxy) is 3. The number of hydrogen-bond acceptors (Lipinski definition) is 8. The van der Waals surface area contributed by atoms with Crippen LogP contribution in [0.5, 0.6) is 28.7 Å². The van der Waals surface area contributed by atoms with E-state index in [1.807, 2.05) is 36.4 Å². The molecule has 0 atom stereocenters. The number of aromatic hydroxyl groups is 1. The third-order valence-electron chi connectivity index (χ3n) is 5.23. The Hall–Kier alpha value is -4.60. The molecule has 9 heteroatoms. The lowest BCUT2D eigenvalue weighted by Gasteiger charge is -2.11. The zero-order valence-corrected chi connectivity index (χ0v) is 22.2. The Morgan fingerprint density at radius 3 is 1.59 bits per heavy atom. The van der Waals surface area contributed by atoms with Gasteiger partial charge in [0, 0.05) is 11.1 Å². The van der Waals surface area contributed by atoms with Gasteiger partial charge < -0.3 is 29.4 Å². The smallest absolute Gasteiger partial charge is 0.488 e. The second kappa shape index (κ2) is 15.6. The van der Waals surface area contributed by atoms with Crippen LogP contribution >= 0.6 is 0 Å². The largest absolute Gasteiger partial charge is 0.504 e. The molecule has 0 aliphatic carbocycles. The molecule has 0 amide bonds. The van der Waals surface area contributed by atoms with Crippen LogP contribution < -0.4 is 19.7 Å². The van der Waals surface area contributed by atoms with Crippen molar-refractivity contribution >= 4 is 24.1 Å². The molecule has 0 saturated carbocycles. The third kappa shape index (κ3) is 10.00. The van der Waals surface area contributed by atoms with Crippen molar-refractivity contribution in [2.24, 2.45) is 0 Å². The molecule has 0 heterocycles. The minimum absolute atomic E-state index is 0.000406. The van der Waals surface area contributed by atoms with E-state index >= 15 is 0 Å². The van der Waals surface area contributed by atoms with Crippen LogP contribution in [0.4, 0.5) is 0 Å². The topological polar surface area (TPSA) is 123 Å². The molecule has 39 heavy (non-hydrogen) atoms. The van der Waals surface area contributed by atoms with Crippen LogP contribution in [0, 0.1) is 0 Å². The standard InChI is InChI=1S/C15H14O3.C9H10O3.C6H7BO2/c1-11(16)12-8-9-14(15(10-12)17-2)18-13-6-4-3-5-7-13;1-6(10)7-3-4-8(11)9(5-7)12-2;8-7(9)6-4-2-1-3-5-6/h3-10H,1-2H3;3-5,11H,1-2H3;1-5,8-9H. The molecule has 8 nitrogen and oxygen atoms in total. The molecular formula is C30H31BO8. The highest BCUT2D eigenvalue weighted by Gasteiger charge is 2.09. The number of carbonyl (C=O) groups is 2. The molecule has 0 aromatic heterocycles. The van der Waals surface area contributed by atoms with Crippen LogP contribution in [0.25, 0.3) is 0 Å². The number of ketones is 2. The maximum absolute atomic E-state index is 11.3. The first kappa shape index (κ1) is 30.6. The van der Waals surface area contributed by atoms with Gasteiger partial charge in [-0.15, -0.1) is 0 Å². The maximum atomic E-state index is 11.3. The molecule has 0 bridgehead atoms. The van der Waals surface area contributed by atoms with E-state index < -0.39 is 7.12 Å². The zero-order valence-electron chi connectivity index (χ0n) is 22.2. The molecule has 0 saturated heterocycles. The SMILES string of the molecule is COc1cc(C(C)=O)ccc1O.COc1cc(C(C)=O)ccc1Oc1ccccc1.OB(O)c1ccccc1. The van der Waals surface area contributed by atoms with E-state index in [0.29, 0.717) is 33.8 Å². The molecule has 0 aliphatic heterocycles. The van der Waals surface area contributed by atoms with Gasteiger partial charge in [-0.25, -0.2) is 0 Å². The summed E-state index contributed by atoms with van der Waals surface area (Å²) < 4.78 is 15.8. The first-order valence-corrected chi connectivity index (χ1v) is 11.9. The first-order valence-electron chi connectivity index (χ1n) is 11.9. The van der Waals surface area contributed by atoms with Gasteiger partial charge in [-0.3, -0.25) is 9.59 Å². The predicted octanol–water partition coefficient (Wildman–Crippen LogP) is 4.66. The molecule has 0 radical (unpaired) electrons. The number of carbonyl (C=O) groups excluding carboxylic acids is 2. The van der Waals surface area contributed by atoms with Gasteiger partial charge in [-0.2, -0.15) is 0 Å². The molecule has 202 valence electrons. The average molecular weight is 530 g/mol. The Morgan fingerprint density at radius 2 is 1.13 bits per heavy atom. The van der Waals surface area contributed by atoms with E-state index in [0.717, 1.165) is 5.75 Å². The molecule has 0 aliphatic rings. The second-order valence-corrected chi connectivity index (χ2v) is 8.06. The Bertz CT molecular complexity index is 1340. The quantitative estimate of drug-likeness (QED) is 0.233. The number of phenolic OH excluding ortho intramolecular Hbond substituents is 1. The summed E-state index contributed by atoms with van der Waals surface area (Å²) in [6.07, 6.45) is 0. The van der Waals surface area contributed by atoms with E-state index in [1.165, 1.54) is 33.1 Å². The number of phenols is 1. The lowest BCUT2D eigenvalue weighted by molar-refractivity contribution is 0.100. The van der Waals surface area contributed by atoms with Gasteiger partial charge in [0.25, 0.3) is 0 Å². The van der Waals surface area contributed by atoms with E-state index in [1.54, 1.807) is 55.6 Å². The summed E-state index contributed by atoms with van der Waals surface area (Å²) in [6, 6.07) is 27.7. The van der Waals surface area contributed by atoms with Crippen molar-refractivity contribution in [3.8, 4) is 28.7 Å². The van der Waals surface area contributed by atoms with E-state index in [2.05, 4.69) is 0 Å². The molecular weight excluding hydrogens is 499 g/mol. The number of para-hydroxylation sites is 1. The van der Waals surface area contributed by atoms with E-state index in [9.17, 15) is 14.7 Å². The fourth-order valence-electron chi connectivity index (χ4n) is 3.11. The third-order valence-corrected chi connectivity index (χ3v) is 5.23. The molecule has 3 N–H and O–H groups in total. The Balaban J connectivity index is 0.000000220. The van der Waals surface area contributed by atoms with Crippen LogP contribution in [0.1, 0.15) is 34.6 Å². The van der Waals surface area contributed by atoms with Gasteiger partial charge in [-0.1, -0.05) is 48.5 Å². The zero-order chi connectivity index (χ0) is 28.8. The van der Waals surface area contributed by atoms with Crippen LogP contribution in [0.3, 0.4) is 0 Å². The van der Waals surface area contributed by atoms with Gasteiger partial charge in [0.05, 0.1) is 14.2 Å². The summed E-state index contributed by atoms with van der Waals surface area (Å²) >= 11 is 0. The van der Waals surface area contributed by atoms with Crippen molar-refractivity contribution in [1.29, 1.82) is 0 Å². The van der Waals surface area contributed by atoms with Crippen molar-refractivity contribution in [2.45, 2.75) is 13.8 Å². The van der Waals surface area contributed by atoms with Gasteiger partial charge in [0.1, 0.15) is 5.75 Å². The van der Waals surface area contributed by atoms with Crippen molar-refractivity contribution in [3.63, 3.8) is 0 Å². The summed E-state index contributed by atoms with van der Waals surface area (Å²) in [5.74, 6) is 2.18. The fraction of sp³-hybridized carbons (Fsp3) is 0.133. The Labute approximate surface area is 228 Å². The van der Waals surface area contributed by atoms with Crippen molar-refractivity contribution in [1.82, 2.24) is 0 Å². The van der Waals surface area contributed by atoms with E-state index in [4.69, 9.17) is 24.3 Å². The molecule has 4 rings (SSSR count). The fourth-order valence-corrected chi connectivity index (χ4v) is 3.11. The number of rotatable bonds is 7. The average Bonchev–Trinajstić information content (AvgIpc) is 2.95. The van der Waals surface area contributed by atoms with Crippen LogP contribution in [-0.2, 0) is 0 Å². The molecule has 0 unspecified atom stereocenters. The van der Waals surface area contributed by atoms with Gasteiger partial charge in [-0.05, 0) is 67.8 Å². The summed E-state index contributed by atoms with van der Waals surface area (Å²) in [4.78, 5) is 22.2. The van der Waals surface area contributed by atoms with E-state index in [-0.39, 0.29) is 17.3 Å². The maximum Gasteiger partial charge on any atom is 0.488 e. The monoisotopic (exact) mass is 530 g/mol. The van der Waals surface area contributed by atoms with Crippen molar-refractivity contribution in [3.05, 3.63) is 108 Å². The van der Waals surface area contributed by atoms with Crippen molar-refractivity contribution in [2.75, 3.05) is 14.2 Å². The van der Waals surface area contributed by atoms with Crippen LogP contribution in [0.2, 0.25) is 0 Å². The van der Waals surface area contributed by atoms with Gasteiger partial charge >= 0.3 is 7.12 Å². The molecule has 0 fully saturated rings. The summed E-state index contributed by atoms with van der Waals surface area (Å²) in [6.45, 7) is 2.98. The highest BCUT2D eigenvalue weighted by Crippen LogP contribution is 2.32. The minimum atomic E-state index is -1.34. The lowest BCUT2D eigenvalue weighted by atomic mass is 9.81. The first-order chi connectivity index (χ1) is 18.7. The lowest BCUT2D eigenvalue weighted by Crippen LogP contribution is -2.29. The highest BCUT2D eigenvalue weighted by molar-refractivity contribution is 6.58.